The van der Waals surface area contributed by atoms with Crippen LogP contribution in [0.1, 0.15) is 110 Å². The molecule has 0 atom stereocenters. The number of rotatable bonds is 17. The maximum Gasteiger partial charge on any atom is 0.253 e. The van der Waals surface area contributed by atoms with Gasteiger partial charge >= 0.3 is 0 Å². The molecule has 1 N–H and O–H groups in total. The summed E-state index contributed by atoms with van der Waals surface area (Å²) in [5.74, 6) is -0.952. The lowest BCUT2D eigenvalue weighted by molar-refractivity contribution is -0.137. The minimum atomic E-state index is -0.329. The van der Waals surface area contributed by atoms with E-state index in [2.05, 4.69) is 6.92 Å². The summed E-state index contributed by atoms with van der Waals surface area (Å²) in [5, 5.41) is 2.03. The molecule has 0 spiro atoms. The molecule has 2 rings (SSSR count). The van der Waals surface area contributed by atoms with E-state index < -0.39 is 0 Å². The molecule has 0 fully saturated rings. The Bertz CT molecular complexity index is 606. The van der Waals surface area contributed by atoms with Crippen molar-refractivity contribution in [2.24, 2.45) is 0 Å². The molecule has 0 aromatic rings. The van der Waals surface area contributed by atoms with Gasteiger partial charge in [-0.2, -0.15) is 0 Å². The number of amides is 4. The molecule has 0 radical (unpaired) electrons. The molecule has 4 amide bonds. The highest BCUT2D eigenvalue weighted by atomic mass is 16.2. The van der Waals surface area contributed by atoms with Crippen LogP contribution in [0.15, 0.2) is 24.3 Å². The van der Waals surface area contributed by atoms with Crippen LogP contribution in [-0.2, 0) is 19.2 Å². The largest absolute Gasteiger partial charge is 0.289 e. The van der Waals surface area contributed by atoms with Crippen LogP contribution in [-0.4, -0.2) is 35.1 Å². The summed E-state index contributed by atoms with van der Waals surface area (Å²) < 4.78 is 0. The van der Waals surface area contributed by atoms with Gasteiger partial charge in [-0.3, -0.25) is 29.4 Å². The van der Waals surface area contributed by atoms with E-state index in [0.717, 1.165) is 12.8 Å². The molecule has 6 heteroatoms. The minimum Gasteiger partial charge on any atom is -0.289 e. The third-order valence-electron chi connectivity index (χ3n) is 5.77. The van der Waals surface area contributed by atoms with Crippen molar-refractivity contribution in [2.75, 3.05) is 6.54 Å². The van der Waals surface area contributed by atoms with Gasteiger partial charge in [0.25, 0.3) is 23.6 Å². The van der Waals surface area contributed by atoms with Crippen molar-refractivity contribution >= 4 is 23.6 Å². The highest BCUT2D eigenvalue weighted by Crippen LogP contribution is 2.14. The molecule has 0 saturated heterocycles. The average molecular weight is 447 g/mol. The number of nitrogens with zero attached hydrogens (tertiary/aromatic N) is 1. The second-order valence-corrected chi connectivity index (χ2v) is 8.65. The first-order valence-corrected chi connectivity index (χ1v) is 12.6. The van der Waals surface area contributed by atoms with Gasteiger partial charge in [0.05, 0.1) is 0 Å². The fraction of sp³-hybridized carbons (Fsp3) is 0.692. The summed E-state index contributed by atoms with van der Waals surface area (Å²) >= 11 is 0. The van der Waals surface area contributed by atoms with Gasteiger partial charge in [0.1, 0.15) is 0 Å². The van der Waals surface area contributed by atoms with E-state index in [1.807, 2.05) is 5.32 Å². The Hall–Kier alpha value is -2.24. The fourth-order valence-electron chi connectivity index (χ4n) is 3.83. The highest BCUT2D eigenvalue weighted by Gasteiger charge is 2.21. The number of hydrogen-bond acceptors (Lipinski definition) is 4. The predicted octanol–water partition coefficient (Wildman–Crippen LogP) is 5.37. The Balaban J connectivity index is 0.000000616. The molecule has 2 heterocycles. The molecule has 2 aliphatic rings. The van der Waals surface area contributed by atoms with E-state index in [9.17, 15) is 19.2 Å². The van der Waals surface area contributed by atoms with Crippen molar-refractivity contribution in [2.45, 2.75) is 110 Å². The molecule has 0 aromatic heterocycles. The monoisotopic (exact) mass is 446 g/mol. The zero-order valence-electron chi connectivity index (χ0n) is 19.9. The number of unbranched alkanes of at least 4 members (excludes halogenated alkanes) is 15. The SMILES string of the molecule is CCCCCCCCCCCCCCCCCCN1C(=O)C=CC1=O.O=C1C=CC(=O)N1. The normalized spacial score (nSPS) is 14.8. The van der Waals surface area contributed by atoms with Crippen LogP contribution in [0.5, 0.6) is 0 Å². The van der Waals surface area contributed by atoms with Crippen LogP contribution in [0.3, 0.4) is 0 Å². The maximum absolute atomic E-state index is 11.4. The van der Waals surface area contributed by atoms with Crippen molar-refractivity contribution in [3.8, 4) is 0 Å². The summed E-state index contributed by atoms with van der Waals surface area (Å²) in [4.78, 5) is 44.2. The van der Waals surface area contributed by atoms with Gasteiger partial charge in [-0.05, 0) is 6.42 Å². The van der Waals surface area contributed by atoms with E-state index in [4.69, 9.17) is 0 Å². The highest BCUT2D eigenvalue weighted by molar-refractivity contribution is 6.13. The van der Waals surface area contributed by atoms with E-state index in [0.29, 0.717) is 6.54 Å². The van der Waals surface area contributed by atoms with Crippen LogP contribution in [0.2, 0.25) is 0 Å². The third kappa shape index (κ3) is 13.9. The van der Waals surface area contributed by atoms with Crippen molar-refractivity contribution < 1.29 is 19.2 Å². The quantitative estimate of drug-likeness (QED) is 0.240. The van der Waals surface area contributed by atoms with Crippen LogP contribution < -0.4 is 5.32 Å². The molecule has 0 unspecified atom stereocenters. The molecule has 0 aliphatic carbocycles. The predicted molar refractivity (Wildman–Crippen MR) is 128 cm³/mol. The van der Waals surface area contributed by atoms with Gasteiger partial charge in [-0.1, -0.05) is 103 Å². The third-order valence-corrected chi connectivity index (χ3v) is 5.77. The minimum absolute atomic E-state index is 0.147. The Morgan fingerprint density at radius 2 is 0.875 bits per heavy atom. The maximum atomic E-state index is 11.4. The van der Waals surface area contributed by atoms with Gasteiger partial charge in [0.2, 0.25) is 0 Å². The molecule has 32 heavy (non-hydrogen) atoms. The van der Waals surface area contributed by atoms with Crippen LogP contribution in [0.25, 0.3) is 0 Å². The lowest BCUT2D eigenvalue weighted by atomic mass is 10.0. The van der Waals surface area contributed by atoms with Crippen molar-refractivity contribution in [1.29, 1.82) is 0 Å². The number of carbonyl (C=O) groups excluding carboxylic acids is 4. The lowest BCUT2D eigenvalue weighted by Crippen LogP contribution is -2.30. The average Bonchev–Trinajstić information content (AvgIpc) is 3.31. The number of hydrogen-bond donors (Lipinski definition) is 1. The second kappa shape index (κ2) is 18.3. The standard InChI is InChI=1S/C22H39NO2.C4H3NO2/c1-2-3-4-5-6-7-8-9-10-11-12-13-14-15-16-17-20-23-21(24)18-19-22(23)25;6-3-1-2-4(7)5-3/h18-19H,2-17,20H2,1H3;1-2H,(H,5,6,7). The van der Waals surface area contributed by atoms with Gasteiger partial charge in [0, 0.05) is 30.8 Å². The molecule has 0 aromatic carbocycles. The first-order chi connectivity index (χ1) is 15.5. The topological polar surface area (TPSA) is 83.6 Å². The van der Waals surface area contributed by atoms with E-state index in [1.165, 1.54) is 119 Å². The first kappa shape index (κ1) is 27.8. The van der Waals surface area contributed by atoms with Crippen molar-refractivity contribution in [3.63, 3.8) is 0 Å². The molecular formula is C26H42N2O4. The van der Waals surface area contributed by atoms with Gasteiger partial charge in [-0.15, -0.1) is 0 Å². The number of carbonyl (C=O) groups is 4. The van der Waals surface area contributed by atoms with Gasteiger partial charge in [0.15, 0.2) is 0 Å². The van der Waals surface area contributed by atoms with E-state index in [-0.39, 0.29) is 23.6 Å². The van der Waals surface area contributed by atoms with Gasteiger partial charge < -0.3 is 0 Å². The summed E-state index contributed by atoms with van der Waals surface area (Å²) in [6.07, 6.45) is 26.5. The molecule has 6 nitrogen and oxygen atoms in total. The Labute approximate surface area is 193 Å². The zero-order valence-corrected chi connectivity index (χ0v) is 19.9. The number of imide groups is 2. The molecule has 0 bridgehead atoms. The fourth-order valence-corrected chi connectivity index (χ4v) is 3.83. The summed E-state index contributed by atoms with van der Waals surface area (Å²) in [6, 6.07) is 0. The van der Waals surface area contributed by atoms with Crippen LogP contribution >= 0.6 is 0 Å². The molecular weight excluding hydrogens is 404 g/mol. The van der Waals surface area contributed by atoms with Crippen LogP contribution in [0, 0.1) is 0 Å². The Morgan fingerprint density at radius 3 is 1.19 bits per heavy atom. The molecule has 2 aliphatic heterocycles. The second-order valence-electron chi connectivity index (χ2n) is 8.65. The van der Waals surface area contributed by atoms with Gasteiger partial charge in [-0.25, -0.2) is 0 Å². The number of nitrogens with one attached hydrogen (secondary N) is 1. The van der Waals surface area contributed by atoms with E-state index in [1.54, 1.807) is 0 Å². The summed E-state index contributed by atoms with van der Waals surface area (Å²) in [7, 11) is 0. The zero-order chi connectivity index (χ0) is 23.4. The summed E-state index contributed by atoms with van der Waals surface area (Å²) in [5.41, 5.74) is 0. The smallest absolute Gasteiger partial charge is 0.253 e. The molecule has 0 saturated carbocycles. The Morgan fingerprint density at radius 1 is 0.531 bits per heavy atom. The lowest BCUT2D eigenvalue weighted by Gasteiger charge is -2.12. The Kier molecular flexibility index (Phi) is 15.9. The first-order valence-electron chi connectivity index (χ1n) is 12.6. The van der Waals surface area contributed by atoms with Crippen molar-refractivity contribution in [3.05, 3.63) is 24.3 Å². The molecule has 180 valence electrons. The van der Waals surface area contributed by atoms with Crippen LogP contribution in [0.4, 0.5) is 0 Å². The van der Waals surface area contributed by atoms with E-state index >= 15 is 0 Å². The summed E-state index contributed by atoms with van der Waals surface area (Å²) in [6.45, 7) is 2.86. The van der Waals surface area contributed by atoms with Crippen molar-refractivity contribution in [1.82, 2.24) is 10.2 Å².